The maximum atomic E-state index is 13.5. The smallest absolute Gasteiger partial charge is 0.239 e. The van der Waals surface area contributed by atoms with Crippen LogP contribution in [0.5, 0.6) is 17.2 Å². The summed E-state index contributed by atoms with van der Waals surface area (Å²) in [6.07, 6.45) is 1.42. The molecule has 0 radical (unpaired) electrons. The van der Waals surface area contributed by atoms with Gasteiger partial charge in [0.15, 0.2) is 0 Å². The number of carbonyl (C=O) groups excluding carboxylic acids is 1. The number of hydrogen-bond acceptors (Lipinski definition) is 8. The van der Waals surface area contributed by atoms with Crippen LogP contribution in [0.25, 0.3) is 0 Å². The van der Waals surface area contributed by atoms with Crippen LogP contribution in [0.1, 0.15) is 56.2 Å². The second-order valence-corrected chi connectivity index (χ2v) is 12.7. The number of amides is 1. The van der Waals surface area contributed by atoms with Gasteiger partial charge in [-0.3, -0.25) is 4.79 Å². The Kier molecular flexibility index (Phi) is 12.2. The van der Waals surface area contributed by atoms with Crippen LogP contribution in [-0.4, -0.2) is 80.7 Å². The number of carbonyl (C=O) groups is 1. The van der Waals surface area contributed by atoms with Crippen LogP contribution < -0.4 is 20.1 Å². The van der Waals surface area contributed by atoms with Crippen molar-refractivity contribution in [2.24, 2.45) is 11.7 Å². The number of β-amino-alcohol motifs (C(OH)–C–C–N with tert-alkyl or cyclic N) is 1. The predicted molar refractivity (Wildman–Crippen MR) is 184 cm³/mol. The van der Waals surface area contributed by atoms with E-state index in [1.54, 1.807) is 12.0 Å². The third kappa shape index (κ3) is 8.65. The number of nitrogens with two attached hydrogens (primary N) is 1. The molecule has 5 rings (SSSR count). The molecule has 3 aromatic rings. The van der Waals surface area contributed by atoms with Crippen molar-refractivity contribution in [1.82, 2.24) is 4.90 Å². The highest BCUT2D eigenvalue weighted by Crippen LogP contribution is 2.36. The lowest BCUT2D eigenvalue weighted by Crippen LogP contribution is -2.57. The first-order chi connectivity index (χ1) is 22.8. The summed E-state index contributed by atoms with van der Waals surface area (Å²) in [6, 6.07) is 21.4. The molecule has 9 nitrogen and oxygen atoms in total. The number of benzene rings is 3. The number of aliphatic hydroxyl groups is 1. The molecule has 254 valence electrons. The first-order valence-electron chi connectivity index (χ1n) is 17.0. The summed E-state index contributed by atoms with van der Waals surface area (Å²) >= 11 is 0. The molecular weight excluding hydrogens is 594 g/mol. The van der Waals surface area contributed by atoms with E-state index in [1.807, 2.05) is 62.4 Å². The second-order valence-electron chi connectivity index (χ2n) is 12.7. The molecule has 0 aromatic heterocycles. The van der Waals surface area contributed by atoms with Crippen molar-refractivity contribution in [3.05, 3.63) is 83.4 Å². The molecule has 0 spiro atoms. The van der Waals surface area contributed by atoms with Crippen molar-refractivity contribution in [3.8, 4) is 17.2 Å². The maximum Gasteiger partial charge on any atom is 0.239 e. The van der Waals surface area contributed by atoms with Crippen molar-refractivity contribution in [2.45, 2.75) is 70.8 Å². The van der Waals surface area contributed by atoms with Crippen LogP contribution in [0.15, 0.2) is 66.7 Å². The van der Waals surface area contributed by atoms with E-state index in [9.17, 15) is 9.90 Å². The third-order valence-corrected chi connectivity index (χ3v) is 9.53. The standard InChI is InChI=1S/C38H51N3O6/c1-5-26(3)37(39)38(43)41-23-33(42)36(29-11-15-31(16-12-29)47-30-13-8-27(6-2)9-14-30)35(24-41)46-25-28-10-17-34-32(22-28)40(19-21-45-34)18-7-20-44-4/h8-17,22,26,33,35-37,42H,5-7,18-21,23-25,39H2,1-4H3/t26-,33+,35-,36?,37-/m0/s1. The third-order valence-electron chi connectivity index (χ3n) is 9.53. The maximum absolute atomic E-state index is 13.5. The summed E-state index contributed by atoms with van der Waals surface area (Å²) in [6.45, 7) is 10.0. The van der Waals surface area contributed by atoms with Crippen LogP contribution in [0.2, 0.25) is 0 Å². The lowest BCUT2D eigenvalue weighted by atomic mass is 9.84. The molecule has 1 fully saturated rings. The number of anilines is 1. The normalized spacial score (nSPS) is 20.7. The molecule has 0 bridgehead atoms. The average molecular weight is 646 g/mol. The lowest BCUT2D eigenvalue weighted by Gasteiger charge is -2.43. The first kappa shape index (κ1) is 34.7. The number of methoxy groups -OCH3 is 1. The Labute approximate surface area is 279 Å². The fourth-order valence-electron chi connectivity index (χ4n) is 6.40. The highest BCUT2D eigenvalue weighted by atomic mass is 16.5. The van der Waals surface area contributed by atoms with Gasteiger partial charge in [-0.1, -0.05) is 57.5 Å². The molecule has 1 amide bonds. The summed E-state index contributed by atoms with van der Waals surface area (Å²) in [5.74, 6) is 1.88. The number of nitrogens with zero attached hydrogens (tertiary/aromatic N) is 2. The van der Waals surface area contributed by atoms with Crippen molar-refractivity contribution < 1.29 is 28.8 Å². The van der Waals surface area contributed by atoms with Gasteiger partial charge < -0.3 is 39.6 Å². The van der Waals surface area contributed by atoms with Gasteiger partial charge in [0, 0.05) is 39.3 Å². The van der Waals surface area contributed by atoms with Gasteiger partial charge in [0.2, 0.25) is 5.91 Å². The van der Waals surface area contributed by atoms with E-state index >= 15 is 0 Å². The van der Waals surface area contributed by atoms with E-state index in [2.05, 4.69) is 30.0 Å². The molecule has 5 atom stereocenters. The summed E-state index contributed by atoms with van der Waals surface area (Å²) in [7, 11) is 1.72. The summed E-state index contributed by atoms with van der Waals surface area (Å²) in [5, 5.41) is 11.6. The fraction of sp³-hybridized carbons (Fsp3) is 0.500. The Balaban J connectivity index is 1.34. The average Bonchev–Trinajstić information content (AvgIpc) is 3.10. The molecule has 1 saturated heterocycles. The number of likely N-dealkylation sites (tertiary alicyclic amines) is 1. The largest absolute Gasteiger partial charge is 0.490 e. The minimum absolute atomic E-state index is 0.0343. The Morgan fingerprint density at radius 2 is 1.72 bits per heavy atom. The molecule has 2 aliphatic heterocycles. The van der Waals surface area contributed by atoms with E-state index in [-0.39, 0.29) is 24.3 Å². The molecule has 9 heteroatoms. The number of rotatable bonds is 14. The highest BCUT2D eigenvalue weighted by molar-refractivity contribution is 5.82. The van der Waals surface area contributed by atoms with Gasteiger partial charge in [0.1, 0.15) is 23.9 Å². The Hall–Kier alpha value is -3.63. The molecule has 2 aliphatic rings. The van der Waals surface area contributed by atoms with Crippen LogP contribution in [0, 0.1) is 5.92 Å². The molecule has 3 N–H and O–H groups in total. The van der Waals surface area contributed by atoms with Crippen LogP contribution in [0.3, 0.4) is 0 Å². The molecule has 2 heterocycles. The number of hydrogen-bond donors (Lipinski definition) is 2. The monoisotopic (exact) mass is 645 g/mol. The van der Waals surface area contributed by atoms with Gasteiger partial charge in [0.05, 0.1) is 37.1 Å². The quantitative estimate of drug-likeness (QED) is 0.221. The van der Waals surface area contributed by atoms with Crippen LogP contribution in [-0.2, 0) is 27.3 Å². The molecular formula is C38H51N3O6. The lowest BCUT2D eigenvalue weighted by molar-refractivity contribution is -0.144. The number of aryl methyl sites for hydroxylation is 1. The fourth-order valence-corrected chi connectivity index (χ4v) is 6.40. The molecule has 1 unspecified atom stereocenters. The summed E-state index contributed by atoms with van der Waals surface area (Å²) in [5.41, 5.74) is 10.6. The number of fused-ring (bicyclic) bond motifs is 1. The number of piperidine rings is 1. The predicted octanol–water partition coefficient (Wildman–Crippen LogP) is 5.52. The van der Waals surface area contributed by atoms with Crippen molar-refractivity contribution in [1.29, 1.82) is 0 Å². The van der Waals surface area contributed by atoms with Gasteiger partial charge in [-0.05, 0) is 71.8 Å². The molecule has 0 saturated carbocycles. The van der Waals surface area contributed by atoms with E-state index in [0.29, 0.717) is 32.1 Å². The SMILES string of the molecule is CCc1ccc(Oc2ccc(C3[C@H](O)CN(C(=O)[C@@H](N)[C@@H](C)CC)C[C@@H]3OCc3ccc4c(c3)N(CCCOC)CCO4)cc2)cc1. The Bertz CT molecular complexity index is 1430. The van der Waals surface area contributed by atoms with Crippen LogP contribution in [0.4, 0.5) is 5.69 Å². The molecule has 3 aromatic carbocycles. The zero-order chi connectivity index (χ0) is 33.3. The van der Waals surface area contributed by atoms with Crippen molar-refractivity contribution >= 4 is 11.6 Å². The summed E-state index contributed by atoms with van der Waals surface area (Å²) < 4.78 is 23.9. The van der Waals surface area contributed by atoms with E-state index in [0.717, 1.165) is 60.7 Å². The van der Waals surface area contributed by atoms with Crippen molar-refractivity contribution in [2.75, 3.05) is 51.4 Å². The summed E-state index contributed by atoms with van der Waals surface area (Å²) in [4.78, 5) is 17.5. The van der Waals surface area contributed by atoms with Crippen molar-refractivity contribution in [3.63, 3.8) is 0 Å². The van der Waals surface area contributed by atoms with Gasteiger partial charge in [-0.25, -0.2) is 0 Å². The minimum Gasteiger partial charge on any atom is -0.490 e. The topological polar surface area (TPSA) is 107 Å². The zero-order valence-electron chi connectivity index (χ0n) is 28.3. The van der Waals surface area contributed by atoms with Gasteiger partial charge in [-0.2, -0.15) is 0 Å². The van der Waals surface area contributed by atoms with Crippen LogP contribution >= 0.6 is 0 Å². The van der Waals surface area contributed by atoms with Gasteiger partial charge in [-0.15, -0.1) is 0 Å². The second kappa shape index (κ2) is 16.5. The van der Waals surface area contributed by atoms with E-state index < -0.39 is 18.2 Å². The Morgan fingerprint density at radius 1 is 1.02 bits per heavy atom. The Morgan fingerprint density at radius 3 is 2.40 bits per heavy atom. The molecule has 0 aliphatic carbocycles. The first-order valence-corrected chi connectivity index (χ1v) is 17.0. The highest BCUT2D eigenvalue weighted by Gasteiger charge is 2.41. The van der Waals surface area contributed by atoms with E-state index in [4.69, 9.17) is 24.7 Å². The zero-order valence-corrected chi connectivity index (χ0v) is 28.3. The van der Waals surface area contributed by atoms with E-state index in [1.165, 1.54) is 5.56 Å². The van der Waals surface area contributed by atoms with Gasteiger partial charge in [0.25, 0.3) is 0 Å². The molecule has 47 heavy (non-hydrogen) atoms. The van der Waals surface area contributed by atoms with Gasteiger partial charge >= 0.3 is 0 Å². The minimum atomic E-state index is -0.830. The number of aliphatic hydroxyl groups excluding tert-OH is 1. The number of ether oxygens (including phenoxy) is 4.